The Bertz CT molecular complexity index is 595. The molecule has 0 aliphatic heterocycles. The van der Waals surface area contributed by atoms with Crippen LogP contribution in [0.2, 0.25) is 0 Å². The molecule has 0 radical (unpaired) electrons. The maximum absolute atomic E-state index is 14.2. The highest BCUT2D eigenvalue weighted by Gasteiger charge is 2.40. The minimum absolute atomic E-state index is 0.167. The molecule has 1 saturated carbocycles. The van der Waals surface area contributed by atoms with Gasteiger partial charge in [0.05, 0.1) is 6.10 Å². The van der Waals surface area contributed by atoms with Crippen molar-refractivity contribution in [3.05, 3.63) is 60.7 Å². The van der Waals surface area contributed by atoms with Gasteiger partial charge in [-0.2, -0.15) is 0 Å². The van der Waals surface area contributed by atoms with E-state index in [-0.39, 0.29) is 5.66 Å². The van der Waals surface area contributed by atoms with Crippen LogP contribution in [0.3, 0.4) is 0 Å². The molecule has 0 saturated heterocycles. The lowest BCUT2D eigenvalue weighted by Gasteiger charge is -2.31. The quantitative estimate of drug-likeness (QED) is 0.693. The van der Waals surface area contributed by atoms with Crippen LogP contribution in [-0.2, 0) is 4.57 Å². The zero-order valence-electron chi connectivity index (χ0n) is 12.8. The predicted molar refractivity (Wildman–Crippen MR) is 92.6 cm³/mol. The second-order valence-electron chi connectivity index (χ2n) is 6.10. The van der Waals surface area contributed by atoms with E-state index in [9.17, 15) is 9.67 Å². The molecule has 2 aromatic carbocycles. The fourth-order valence-corrected chi connectivity index (χ4v) is 7.00. The van der Waals surface area contributed by atoms with E-state index < -0.39 is 13.2 Å². The molecule has 0 amide bonds. The molecule has 1 N–H and O–H groups in total. The Morgan fingerprint density at radius 1 is 0.773 bits per heavy atom. The molecule has 2 atom stereocenters. The lowest BCUT2D eigenvalue weighted by atomic mass is 10.1. The highest BCUT2D eigenvalue weighted by atomic mass is 31.2. The van der Waals surface area contributed by atoms with E-state index in [0.717, 1.165) is 42.7 Å². The summed E-state index contributed by atoms with van der Waals surface area (Å²) in [7, 11) is -2.83. The number of rotatable bonds is 3. The average Bonchev–Trinajstić information content (AvgIpc) is 2.80. The molecular formula is C19H23O2P. The Morgan fingerprint density at radius 2 is 1.27 bits per heavy atom. The summed E-state index contributed by atoms with van der Waals surface area (Å²) in [6, 6.07) is 19.4. The lowest BCUT2D eigenvalue weighted by Crippen LogP contribution is -2.34. The van der Waals surface area contributed by atoms with Crippen LogP contribution in [0.1, 0.15) is 32.1 Å². The first kappa shape index (κ1) is 15.5. The van der Waals surface area contributed by atoms with Crippen molar-refractivity contribution in [3.8, 4) is 0 Å². The third kappa shape index (κ3) is 2.91. The van der Waals surface area contributed by atoms with E-state index in [1.165, 1.54) is 0 Å². The molecule has 0 bridgehead atoms. The van der Waals surface area contributed by atoms with Crippen molar-refractivity contribution in [1.29, 1.82) is 0 Å². The summed E-state index contributed by atoms with van der Waals surface area (Å²) in [5.74, 6) is 0. The molecule has 3 heteroatoms. The lowest BCUT2D eigenvalue weighted by molar-refractivity contribution is 0.160. The van der Waals surface area contributed by atoms with Crippen LogP contribution in [0.25, 0.3) is 0 Å². The zero-order chi connectivity index (χ0) is 15.4. The molecule has 0 heterocycles. The van der Waals surface area contributed by atoms with Gasteiger partial charge < -0.3 is 9.67 Å². The smallest absolute Gasteiger partial charge is 0.148 e. The molecular weight excluding hydrogens is 291 g/mol. The van der Waals surface area contributed by atoms with Gasteiger partial charge in [-0.1, -0.05) is 79.9 Å². The van der Waals surface area contributed by atoms with E-state index in [2.05, 4.69) is 0 Å². The van der Waals surface area contributed by atoms with Gasteiger partial charge in [0.25, 0.3) is 0 Å². The summed E-state index contributed by atoms with van der Waals surface area (Å²) in [6.07, 6.45) is 4.31. The monoisotopic (exact) mass is 314 g/mol. The number of benzene rings is 2. The fraction of sp³-hybridized carbons (Fsp3) is 0.368. The zero-order valence-corrected chi connectivity index (χ0v) is 13.7. The Morgan fingerprint density at radius 3 is 1.82 bits per heavy atom. The summed E-state index contributed by atoms with van der Waals surface area (Å²) < 4.78 is 14.2. The topological polar surface area (TPSA) is 37.3 Å². The number of hydrogen-bond acceptors (Lipinski definition) is 2. The molecule has 0 aromatic heterocycles. The fourth-order valence-electron chi connectivity index (χ4n) is 3.52. The Balaban J connectivity index is 2.13. The van der Waals surface area contributed by atoms with E-state index in [4.69, 9.17) is 0 Å². The maximum atomic E-state index is 14.2. The van der Waals surface area contributed by atoms with Crippen molar-refractivity contribution in [2.45, 2.75) is 43.9 Å². The van der Waals surface area contributed by atoms with E-state index in [1.807, 2.05) is 60.7 Å². The van der Waals surface area contributed by atoms with E-state index >= 15 is 0 Å². The van der Waals surface area contributed by atoms with Gasteiger partial charge in [-0.15, -0.1) is 0 Å². The standard InChI is InChI=1S/C19H23O2P/c20-18-14-8-3-9-15-19(18)22(21,16-10-4-1-5-11-16)17-12-6-2-7-13-17/h1-2,4-7,10-13,18-20H,3,8-9,14-15H2. The molecule has 1 aliphatic rings. The second kappa shape index (κ2) is 6.81. The van der Waals surface area contributed by atoms with Gasteiger partial charge in [0.2, 0.25) is 0 Å². The van der Waals surface area contributed by atoms with Crippen molar-refractivity contribution in [3.63, 3.8) is 0 Å². The van der Waals surface area contributed by atoms with Gasteiger partial charge in [0.1, 0.15) is 7.14 Å². The average molecular weight is 314 g/mol. The van der Waals surface area contributed by atoms with Gasteiger partial charge in [-0.05, 0) is 12.8 Å². The van der Waals surface area contributed by atoms with Crippen LogP contribution in [0.15, 0.2) is 60.7 Å². The number of aliphatic hydroxyl groups excluding tert-OH is 1. The van der Waals surface area contributed by atoms with Gasteiger partial charge in [0.15, 0.2) is 0 Å². The van der Waals surface area contributed by atoms with E-state index in [0.29, 0.717) is 0 Å². The Hall–Kier alpha value is -1.37. The van der Waals surface area contributed by atoms with Crippen molar-refractivity contribution >= 4 is 17.8 Å². The SMILES string of the molecule is O=P(c1ccccc1)(c1ccccc1)C1CCCCCC1O. The minimum atomic E-state index is -2.83. The Labute approximate surface area is 132 Å². The third-order valence-electron chi connectivity index (χ3n) is 4.69. The van der Waals surface area contributed by atoms with Crippen LogP contribution < -0.4 is 10.6 Å². The molecule has 2 aromatic rings. The highest BCUT2D eigenvalue weighted by Crippen LogP contribution is 2.53. The normalized spacial score (nSPS) is 23.0. The van der Waals surface area contributed by atoms with Crippen LogP contribution in [-0.4, -0.2) is 16.9 Å². The molecule has 116 valence electrons. The summed E-state index contributed by atoms with van der Waals surface area (Å²) in [5.41, 5.74) is -0.167. The predicted octanol–water partition coefficient (Wildman–Crippen LogP) is 3.69. The van der Waals surface area contributed by atoms with Crippen molar-refractivity contribution in [2.75, 3.05) is 0 Å². The van der Waals surface area contributed by atoms with Crippen LogP contribution in [0.5, 0.6) is 0 Å². The summed E-state index contributed by atoms with van der Waals surface area (Å²) in [4.78, 5) is 0. The van der Waals surface area contributed by atoms with Crippen LogP contribution in [0, 0.1) is 0 Å². The summed E-state index contributed by atoms with van der Waals surface area (Å²) in [5, 5.41) is 12.4. The van der Waals surface area contributed by atoms with Gasteiger partial charge in [-0.25, -0.2) is 0 Å². The first-order valence-electron chi connectivity index (χ1n) is 8.12. The first-order chi connectivity index (χ1) is 10.7. The van der Waals surface area contributed by atoms with Crippen molar-refractivity contribution in [2.24, 2.45) is 0 Å². The molecule has 2 unspecified atom stereocenters. The second-order valence-corrected chi connectivity index (χ2v) is 9.11. The highest BCUT2D eigenvalue weighted by molar-refractivity contribution is 7.79. The number of aliphatic hydroxyl groups is 1. The van der Waals surface area contributed by atoms with Crippen molar-refractivity contribution in [1.82, 2.24) is 0 Å². The molecule has 0 spiro atoms. The molecule has 1 aliphatic carbocycles. The maximum Gasteiger partial charge on any atom is 0.148 e. The van der Waals surface area contributed by atoms with Crippen LogP contribution in [0.4, 0.5) is 0 Å². The van der Waals surface area contributed by atoms with Gasteiger partial charge in [0, 0.05) is 16.3 Å². The van der Waals surface area contributed by atoms with Crippen LogP contribution >= 0.6 is 7.14 Å². The largest absolute Gasteiger partial charge is 0.392 e. The molecule has 3 rings (SSSR count). The van der Waals surface area contributed by atoms with Gasteiger partial charge >= 0.3 is 0 Å². The Kier molecular flexibility index (Phi) is 4.81. The first-order valence-corrected chi connectivity index (χ1v) is 9.89. The summed E-state index contributed by atoms with van der Waals surface area (Å²) >= 11 is 0. The van der Waals surface area contributed by atoms with E-state index in [1.54, 1.807) is 0 Å². The molecule has 1 fully saturated rings. The summed E-state index contributed by atoms with van der Waals surface area (Å²) in [6.45, 7) is 0. The number of hydrogen-bond donors (Lipinski definition) is 1. The molecule has 22 heavy (non-hydrogen) atoms. The molecule has 2 nitrogen and oxygen atoms in total. The minimum Gasteiger partial charge on any atom is -0.392 e. The third-order valence-corrected chi connectivity index (χ3v) is 8.36. The van der Waals surface area contributed by atoms with Crippen molar-refractivity contribution < 1.29 is 9.67 Å². The van der Waals surface area contributed by atoms with Gasteiger partial charge in [-0.3, -0.25) is 0 Å².